The average molecular weight is 274 g/mol. The van der Waals surface area contributed by atoms with Crippen molar-refractivity contribution in [2.45, 2.75) is 52.6 Å². The molecule has 1 aromatic carbocycles. The van der Waals surface area contributed by atoms with Gasteiger partial charge in [-0.3, -0.25) is 0 Å². The Bertz CT molecular complexity index is 433. The Balaban J connectivity index is 2.16. The van der Waals surface area contributed by atoms with Crippen molar-refractivity contribution in [3.8, 4) is 0 Å². The fraction of sp³-hybridized carbons (Fsp3) is 0.667. The highest BCUT2D eigenvalue weighted by Crippen LogP contribution is 2.35. The van der Waals surface area contributed by atoms with Crippen LogP contribution in [0.2, 0.25) is 0 Å². The average Bonchev–Trinajstić information content (AvgIpc) is 2.73. The Hall–Kier alpha value is -0.860. The molecule has 0 bridgehead atoms. The molecule has 2 atom stereocenters. The van der Waals surface area contributed by atoms with E-state index in [1.807, 2.05) is 0 Å². The van der Waals surface area contributed by atoms with E-state index in [0.29, 0.717) is 17.5 Å². The maximum absolute atomic E-state index is 3.76. The van der Waals surface area contributed by atoms with Crippen LogP contribution in [0.3, 0.4) is 0 Å². The molecule has 1 N–H and O–H groups in total. The summed E-state index contributed by atoms with van der Waals surface area (Å²) < 4.78 is 0. The molecule has 1 aromatic rings. The normalized spacial score (nSPS) is 22.3. The van der Waals surface area contributed by atoms with Crippen molar-refractivity contribution in [1.82, 2.24) is 10.2 Å². The second-order valence-corrected chi connectivity index (χ2v) is 7.38. The molecule has 0 radical (unpaired) electrons. The van der Waals surface area contributed by atoms with Crippen molar-refractivity contribution in [1.29, 1.82) is 0 Å². The summed E-state index contributed by atoms with van der Waals surface area (Å²) >= 11 is 0. The maximum atomic E-state index is 3.76. The predicted molar refractivity (Wildman–Crippen MR) is 87.1 cm³/mol. The van der Waals surface area contributed by atoms with Gasteiger partial charge in [0.05, 0.1) is 0 Å². The Morgan fingerprint density at radius 1 is 1.25 bits per heavy atom. The number of hydrogen-bond acceptors (Lipinski definition) is 2. The molecule has 0 aromatic heterocycles. The van der Waals surface area contributed by atoms with Crippen molar-refractivity contribution in [3.05, 3.63) is 35.4 Å². The van der Waals surface area contributed by atoms with Crippen molar-refractivity contribution in [3.63, 3.8) is 0 Å². The van der Waals surface area contributed by atoms with Crippen LogP contribution in [0.4, 0.5) is 0 Å². The summed E-state index contributed by atoms with van der Waals surface area (Å²) in [5, 5.41) is 3.76. The van der Waals surface area contributed by atoms with Crippen LogP contribution in [0, 0.1) is 5.41 Å². The van der Waals surface area contributed by atoms with Crippen LogP contribution in [0.1, 0.15) is 51.3 Å². The first-order valence-corrected chi connectivity index (χ1v) is 7.94. The maximum Gasteiger partial charge on any atom is 0.0484 e. The van der Waals surface area contributed by atoms with E-state index in [0.717, 1.165) is 13.1 Å². The first-order chi connectivity index (χ1) is 9.42. The summed E-state index contributed by atoms with van der Waals surface area (Å²) in [6.45, 7) is 11.4. The van der Waals surface area contributed by atoms with Crippen LogP contribution >= 0.6 is 0 Å². The number of nitrogens with zero attached hydrogens (tertiary/aromatic N) is 1. The van der Waals surface area contributed by atoms with Gasteiger partial charge >= 0.3 is 0 Å². The molecule has 0 spiro atoms. The van der Waals surface area contributed by atoms with Gasteiger partial charge in [-0.15, -0.1) is 0 Å². The largest absolute Gasteiger partial charge is 0.309 e. The Morgan fingerprint density at radius 2 is 1.95 bits per heavy atom. The third-order valence-corrected chi connectivity index (χ3v) is 4.11. The zero-order valence-electron chi connectivity index (χ0n) is 13.7. The molecule has 0 fully saturated rings. The van der Waals surface area contributed by atoms with Gasteiger partial charge in [0.25, 0.3) is 0 Å². The second kappa shape index (κ2) is 6.28. The molecule has 20 heavy (non-hydrogen) atoms. The minimum atomic E-state index is 0.346. The molecular weight excluding hydrogens is 244 g/mol. The molecule has 1 aliphatic rings. The quantitative estimate of drug-likeness (QED) is 0.882. The number of hydrogen-bond donors (Lipinski definition) is 1. The highest BCUT2D eigenvalue weighted by molar-refractivity contribution is 5.37. The van der Waals surface area contributed by atoms with E-state index in [1.165, 1.54) is 24.0 Å². The van der Waals surface area contributed by atoms with Crippen molar-refractivity contribution < 1.29 is 0 Å². The van der Waals surface area contributed by atoms with Gasteiger partial charge in [-0.1, -0.05) is 52.0 Å². The van der Waals surface area contributed by atoms with Crippen molar-refractivity contribution >= 4 is 0 Å². The molecule has 0 amide bonds. The van der Waals surface area contributed by atoms with E-state index in [2.05, 4.69) is 69.2 Å². The van der Waals surface area contributed by atoms with Crippen LogP contribution in [0.5, 0.6) is 0 Å². The molecular formula is C18H30N2. The molecule has 0 saturated carbocycles. The Morgan fingerprint density at radius 3 is 2.60 bits per heavy atom. The number of nitrogens with one attached hydrogen (secondary N) is 1. The molecule has 0 aliphatic heterocycles. The van der Waals surface area contributed by atoms with Gasteiger partial charge in [0, 0.05) is 18.6 Å². The molecule has 1 aliphatic carbocycles. The van der Waals surface area contributed by atoms with Crippen molar-refractivity contribution in [2.24, 2.45) is 5.41 Å². The minimum absolute atomic E-state index is 0.346. The van der Waals surface area contributed by atoms with Crippen LogP contribution in [0.15, 0.2) is 24.3 Å². The third kappa shape index (κ3) is 3.62. The van der Waals surface area contributed by atoms with E-state index in [9.17, 15) is 0 Å². The molecule has 2 heteroatoms. The lowest BCUT2D eigenvalue weighted by atomic mass is 9.94. The van der Waals surface area contributed by atoms with Gasteiger partial charge in [0.1, 0.15) is 0 Å². The van der Waals surface area contributed by atoms with Gasteiger partial charge < -0.3 is 10.2 Å². The molecule has 0 heterocycles. The van der Waals surface area contributed by atoms with Crippen molar-refractivity contribution in [2.75, 3.05) is 20.1 Å². The number of rotatable bonds is 5. The third-order valence-electron chi connectivity index (χ3n) is 4.11. The fourth-order valence-corrected chi connectivity index (χ4v) is 3.40. The summed E-state index contributed by atoms with van der Waals surface area (Å²) in [7, 11) is 2.28. The first-order valence-electron chi connectivity index (χ1n) is 7.94. The standard InChI is InChI=1S/C18H30N2/c1-6-11-19-17-15-10-8-7-9-14(15)12-16(17)20(5)13-18(2,3)4/h7-10,16-17,19H,6,11-13H2,1-5H3. The fourth-order valence-electron chi connectivity index (χ4n) is 3.40. The predicted octanol–water partition coefficient (Wildman–Crippen LogP) is 3.63. The number of benzene rings is 1. The first kappa shape index (κ1) is 15.5. The monoisotopic (exact) mass is 274 g/mol. The lowest BCUT2D eigenvalue weighted by molar-refractivity contribution is 0.149. The molecule has 2 unspecified atom stereocenters. The number of likely N-dealkylation sites (N-methyl/N-ethyl adjacent to an activating group) is 1. The molecule has 2 nitrogen and oxygen atoms in total. The smallest absolute Gasteiger partial charge is 0.0484 e. The van der Waals surface area contributed by atoms with Gasteiger partial charge in [0.15, 0.2) is 0 Å². The van der Waals surface area contributed by atoms with Crippen LogP contribution < -0.4 is 5.32 Å². The zero-order chi connectivity index (χ0) is 14.8. The summed E-state index contributed by atoms with van der Waals surface area (Å²) in [6.07, 6.45) is 2.36. The summed E-state index contributed by atoms with van der Waals surface area (Å²) in [4.78, 5) is 2.55. The number of fused-ring (bicyclic) bond motifs is 1. The van der Waals surface area contributed by atoms with Crippen LogP contribution in [-0.4, -0.2) is 31.1 Å². The molecule has 0 saturated heterocycles. The summed E-state index contributed by atoms with van der Waals surface area (Å²) in [5.41, 5.74) is 3.37. The summed E-state index contributed by atoms with van der Waals surface area (Å²) in [5.74, 6) is 0. The van der Waals surface area contributed by atoms with Gasteiger partial charge in [0.2, 0.25) is 0 Å². The van der Waals surface area contributed by atoms with Gasteiger partial charge in [-0.2, -0.15) is 0 Å². The van der Waals surface area contributed by atoms with E-state index in [4.69, 9.17) is 0 Å². The van der Waals surface area contributed by atoms with E-state index in [1.54, 1.807) is 0 Å². The highest BCUT2D eigenvalue weighted by atomic mass is 15.2. The summed E-state index contributed by atoms with van der Waals surface area (Å²) in [6, 6.07) is 10.00. The molecule has 2 rings (SSSR count). The topological polar surface area (TPSA) is 15.3 Å². The highest BCUT2D eigenvalue weighted by Gasteiger charge is 2.35. The second-order valence-electron chi connectivity index (χ2n) is 7.38. The van der Waals surface area contributed by atoms with Gasteiger partial charge in [-0.05, 0) is 43.0 Å². The van der Waals surface area contributed by atoms with Crippen LogP contribution in [-0.2, 0) is 6.42 Å². The Kier molecular flexibility index (Phi) is 4.87. The van der Waals surface area contributed by atoms with Crippen LogP contribution in [0.25, 0.3) is 0 Å². The van der Waals surface area contributed by atoms with Gasteiger partial charge in [-0.25, -0.2) is 0 Å². The van der Waals surface area contributed by atoms with E-state index >= 15 is 0 Å². The van der Waals surface area contributed by atoms with E-state index in [-0.39, 0.29) is 0 Å². The zero-order valence-corrected chi connectivity index (χ0v) is 13.7. The SMILES string of the molecule is CCCNC1c2ccccc2CC1N(C)CC(C)(C)C. The lowest BCUT2D eigenvalue weighted by Crippen LogP contribution is -2.44. The van der Waals surface area contributed by atoms with E-state index < -0.39 is 0 Å². The lowest BCUT2D eigenvalue weighted by Gasteiger charge is -2.35. The Labute approximate surface area is 124 Å². The molecule has 112 valence electrons. The minimum Gasteiger partial charge on any atom is -0.309 e.